The Hall–Kier alpha value is -1.47. The fourth-order valence-corrected chi connectivity index (χ4v) is 1.38. The Morgan fingerprint density at radius 3 is 2.15 bits per heavy atom. The number of anilines is 1. The van der Waals surface area contributed by atoms with Crippen molar-refractivity contribution in [2.75, 3.05) is 5.73 Å². The summed E-state index contributed by atoms with van der Waals surface area (Å²) in [7, 11) is -4.51. The molecule has 13 heavy (non-hydrogen) atoms. The van der Waals surface area contributed by atoms with Crippen molar-refractivity contribution in [1.29, 1.82) is 0 Å². The summed E-state index contributed by atoms with van der Waals surface area (Å²) in [6.07, 6.45) is 0. The molecule has 0 amide bonds. The zero-order valence-corrected chi connectivity index (χ0v) is 7.11. The molecule has 0 fully saturated rings. The molecule has 0 saturated carbocycles. The van der Waals surface area contributed by atoms with E-state index >= 15 is 0 Å². The molecule has 1 aromatic carbocycles. The van der Waals surface area contributed by atoms with Crippen molar-refractivity contribution in [3.8, 4) is 11.5 Å². The molecule has 0 radical (unpaired) electrons. The Labute approximate surface area is 74.0 Å². The zero-order valence-electron chi connectivity index (χ0n) is 6.30. The number of hydrogen-bond donors (Lipinski definition) is 4. The van der Waals surface area contributed by atoms with Gasteiger partial charge in [-0.3, -0.25) is 4.55 Å². The average Bonchev–Trinajstić information content (AvgIpc) is 1.94. The number of nitrogen functional groups attached to an aromatic ring is 1. The first-order valence-corrected chi connectivity index (χ1v) is 4.55. The topological polar surface area (TPSA) is 121 Å². The first-order valence-electron chi connectivity index (χ1n) is 3.11. The van der Waals surface area contributed by atoms with Gasteiger partial charge in [-0.1, -0.05) is 0 Å². The maximum absolute atomic E-state index is 10.6. The monoisotopic (exact) mass is 205 g/mol. The van der Waals surface area contributed by atoms with E-state index in [4.69, 9.17) is 20.5 Å². The molecule has 0 spiro atoms. The van der Waals surface area contributed by atoms with Gasteiger partial charge in [0.25, 0.3) is 10.1 Å². The number of phenolic OH excluding ortho intramolecular Hbond substituents is 2. The van der Waals surface area contributed by atoms with Gasteiger partial charge in [-0.15, -0.1) is 0 Å². The fourth-order valence-electron chi connectivity index (χ4n) is 0.780. The highest BCUT2D eigenvalue weighted by Crippen LogP contribution is 2.31. The van der Waals surface area contributed by atoms with Crippen LogP contribution in [0.15, 0.2) is 17.0 Å². The summed E-state index contributed by atoms with van der Waals surface area (Å²) in [4.78, 5) is -0.734. The Morgan fingerprint density at radius 1 is 1.15 bits per heavy atom. The predicted octanol–water partition coefficient (Wildman–Crippen LogP) is -0.0733. The molecule has 1 rings (SSSR count). The van der Waals surface area contributed by atoms with Gasteiger partial charge < -0.3 is 15.9 Å². The maximum atomic E-state index is 10.6. The van der Waals surface area contributed by atoms with Gasteiger partial charge in [-0.05, 0) is 6.07 Å². The maximum Gasteiger partial charge on any atom is 0.298 e. The number of aromatic hydroxyl groups is 2. The van der Waals surface area contributed by atoms with Crippen LogP contribution in [0.3, 0.4) is 0 Å². The van der Waals surface area contributed by atoms with E-state index in [2.05, 4.69) is 0 Å². The molecule has 0 bridgehead atoms. The average molecular weight is 205 g/mol. The second-order valence-electron chi connectivity index (χ2n) is 2.35. The normalized spacial score (nSPS) is 11.5. The van der Waals surface area contributed by atoms with Crippen molar-refractivity contribution in [2.45, 2.75) is 4.90 Å². The molecule has 7 heteroatoms. The van der Waals surface area contributed by atoms with Gasteiger partial charge >= 0.3 is 0 Å². The van der Waals surface area contributed by atoms with E-state index in [1.807, 2.05) is 0 Å². The highest BCUT2D eigenvalue weighted by Gasteiger charge is 2.17. The van der Waals surface area contributed by atoms with Crippen LogP contribution in [-0.4, -0.2) is 23.2 Å². The first-order chi connectivity index (χ1) is 5.82. The molecule has 0 aliphatic rings. The third-order valence-corrected chi connectivity index (χ3v) is 2.27. The van der Waals surface area contributed by atoms with Crippen LogP contribution in [0.25, 0.3) is 0 Å². The van der Waals surface area contributed by atoms with Gasteiger partial charge in [-0.2, -0.15) is 8.42 Å². The lowest BCUT2D eigenvalue weighted by Crippen LogP contribution is -1.99. The van der Waals surface area contributed by atoms with Gasteiger partial charge in [-0.25, -0.2) is 0 Å². The molecule has 0 aliphatic carbocycles. The van der Waals surface area contributed by atoms with Crippen LogP contribution in [0.5, 0.6) is 11.5 Å². The largest absolute Gasteiger partial charge is 0.506 e. The number of hydrogen-bond acceptors (Lipinski definition) is 5. The van der Waals surface area contributed by atoms with Gasteiger partial charge in [0.15, 0.2) is 0 Å². The molecule has 0 atom stereocenters. The molecule has 72 valence electrons. The second kappa shape index (κ2) is 2.79. The highest BCUT2D eigenvalue weighted by atomic mass is 32.2. The van der Waals surface area contributed by atoms with E-state index in [9.17, 15) is 8.42 Å². The highest BCUT2D eigenvalue weighted by molar-refractivity contribution is 7.86. The number of nitrogens with two attached hydrogens (primary N) is 1. The molecular weight excluding hydrogens is 198 g/mol. The summed E-state index contributed by atoms with van der Waals surface area (Å²) >= 11 is 0. The van der Waals surface area contributed by atoms with E-state index < -0.39 is 26.5 Å². The van der Waals surface area contributed by atoms with Gasteiger partial charge in [0.2, 0.25) is 0 Å². The number of phenols is 2. The molecule has 1 aromatic rings. The number of rotatable bonds is 1. The summed E-state index contributed by atoms with van der Waals surface area (Å²) in [5.74, 6) is -1.21. The van der Waals surface area contributed by atoms with Crippen LogP contribution < -0.4 is 5.73 Å². The lowest BCUT2D eigenvalue weighted by atomic mass is 10.3. The van der Waals surface area contributed by atoms with E-state index in [0.717, 1.165) is 12.1 Å². The Bertz CT molecular complexity index is 439. The van der Waals surface area contributed by atoms with Crippen LogP contribution in [-0.2, 0) is 10.1 Å². The van der Waals surface area contributed by atoms with Crippen molar-refractivity contribution >= 4 is 15.8 Å². The van der Waals surface area contributed by atoms with Crippen molar-refractivity contribution < 1.29 is 23.2 Å². The van der Waals surface area contributed by atoms with Gasteiger partial charge in [0, 0.05) is 6.07 Å². The summed E-state index contributed by atoms with van der Waals surface area (Å²) in [6, 6.07) is 1.50. The van der Waals surface area contributed by atoms with Crippen molar-refractivity contribution in [2.24, 2.45) is 0 Å². The summed E-state index contributed by atoms with van der Waals surface area (Å²) in [5, 5.41) is 17.9. The van der Waals surface area contributed by atoms with E-state index in [1.54, 1.807) is 0 Å². The third-order valence-electron chi connectivity index (χ3n) is 1.39. The lowest BCUT2D eigenvalue weighted by molar-refractivity contribution is 0.432. The molecule has 0 unspecified atom stereocenters. The van der Waals surface area contributed by atoms with E-state index in [1.165, 1.54) is 0 Å². The minimum atomic E-state index is -4.51. The Kier molecular flexibility index (Phi) is 2.06. The summed E-state index contributed by atoms with van der Waals surface area (Å²) in [6.45, 7) is 0. The quantitative estimate of drug-likeness (QED) is 0.220. The second-order valence-corrected chi connectivity index (χ2v) is 3.74. The predicted molar refractivity (Wildman–Crippen MR) is 44.0 cm³/mol. The van der Waals surface area contributed by atoms with E-state index in [-0.39, 0.29) is 5.69 Å². The van der Waals surface area contributed by atoms with Crippen LogP contribution in [0.2, 0.25) is 0 Å². The minimum absolute atomic E-state index is 0.245. The fraction of sp³-hybridized carbons (Fsp3) is 0. The van der Waals surface area contributed by atoms with Crippen molar-refractivity contribution in [3.63, 3.8) is 0 Å². The van der Waals surface area contributed by atoms with Crippen LogP contribution in [0.1, 0.15) is 0 Å². The molecule has 0 aromatic heterocycles. The van der Waals surface area contributed by atoms with Crippen molar-refractivity contribution in [1.82, 2.24) is 0 Å². The summed E-state index contributed by atoms with van der Waals surface area (Å²) < 4.78 is 29.7. The van der Waals surface area contributed by atoms with Crippen molar-refractivity contribution in [3.05, 3.63) is 12.1 Å². The van der Waals surface area contributed by atoms with E-state index in [0.29, 0.717) is 0 Å². The molecule has 0 saturated heterocycles. The first kappa shape index (κ1) is 9.62. The number of benzene rings is 1. The standard InChI is InChI=1S/C6H7NO5S/c7-3-1-6(13(10,11)12)5(9)2-4(3)8/h1-2,8-9H,7H2,(H,10,11,12). The minimum Gasteiger partial charge on any atom is -0.506 e. The van der Waals surface area contributed by atoms with Crippen LogP contribution in [0, 0.1) is 0 Å². The SMILES string of the molecule is Nc1cc(S(=O)(=O)O)c(O)cc1O. The van der Waals surface area contributed by atoms with Gasteiger partial charge in [0.05, 0.1) is 5.69 Å². The Balaban J connectivity index is 3.50. The molecule has 0 aliphatic heterocycles. The molecule has 5 N–H and O–H groups in total. The Morgan fingerprint density at radius 2 is 1.69 bits per heavy atom. The zero-order chi connectivity index (χ0) is 10.2. The van der Waals surface area contributed by atoms with Crippen LogP contribution >= 0.6 is 0 Å². The van der Waals surface area contributed by atoms with Crippen LogP contribution in [0.4, 0.5) is 5.69 Å². The summed E-state index contributed by atoms with van der Waals surface area (Å²) in [5.41, 5.74) is 4.90. The van der Waals surface area contributed by atoms with Gasteiger partial charge in [0.1, 0.15) is 16.4 Å². The molecule has 6 nitrogen and oxygen atoms in total. The lowest BCUT2D eigenvalue weighted by Gasteiger charge is -2.03. The smallest absolute Gasteiger partial charge is 0.298 e. The third kappa shape index (κ3) is 1.82. The molecule has 0 heterocycles. The molecular formula is C6H7NO5S.